The zero-order valence-electron chi connectivity index (χ0n) is 12.0. The first-order valence-corrected chi connectivity index (χ1v) is 8.35. The van der Waals surface area contributed by atoms with Crippen LogP contribution in [0.4, 0.5) is 11.9 Å². The summed E-state index contributed by atoms with van der Waals surface area (Å²) in [6.07, 6.45) is 5.70. The van der Waals surface area contributed by atoms with Crippen LogP contribution < -0.4 is 10.6 Å². The van der Waals surface area contributed by atoms with Gasteiger partial charge in [-0.25, -0.2) is 4.68 Å². The van der Waals surface area contributed by atoms with Crippen molar-refractivity contribution in [2.24, 2.45) is 0 Å². The van der Waals surface area contributed by atoms with Crippen LogP contribution in [0.5, 0.6) is 0 Å². The average Bonchev–Trinajstić information content (AvgIpc) is 3.18. The lowest BCUT2D eigenvalue weighted by molar-refractivity contribution is 0.767. The van der Waals surface area contributed by atoms with Crippen molar-refractivity contribution in [3.8, 4) is 5.95 Å². The third kappa shape index (κ3) is 3.63. The Morgan fingerprint density at radius 3 is 2.95 bits per heavy atom. The summed E-state index contributed by atoms with van der Waals surface area (Å²) in [4.78, 5) is 13.3. The number of nitrogens with zero attached hydrogens (tertiary/aromatic N) is 5. The van der Waals surface area contributed by atoms with Crippen LogP contribution in [0.25, 0.3) is 5.95 Å². The van der Waals surface area contributed by atoms with E-state index in [2.05, 4.69) is 37.6 Å². The fourth-order valence-electron chi connectivity index (χ4n) is 2.07. The summed E-state index contributed by atoms with van der Waals surface area (Å²) in [5.74, 6) is 4.02. The summed E-state index contributed by atoms with van der Waals surface area (Å²) in [5.41, 5.74) is 0. The SMILES string of the molecule is CCCNc1nc(NC2CCSC2)nc(-n2cccn2)n1. The van der Waals surface area contributed by atoms with Crippen molar-refractivity contribution in [2.75, 3.05) is 28.7 Å². The van der Waals surface area contributed by atoms with Crippen molar-refractivity contribution >= 4 is 23.7 Å². The van der Waals surface area contributed by atoms with E-state index in [4.69, 9.17) is 0 Å². The molecule has 2 aromatic rings. The van der Waals surface area contributed by atoms with Crippen molar-refractivity contribution in [1.29, 1.82) is 0 Å². The maximum atomic E-state index is 4.47. The number of anilines is 2. The molecule has 2 aromatic heterocycles. The molecule has 0 aliphatic carbocycles. The van der Waals surface area contributed by atoms with Crippen LogP contribution >= 0.6 is 11.8 Å². The highest BCUT2D eigenvalue weighted by Crippen LogP contribution is 2.20. The van der Waals surface area contributed by atoms with Gasteiger partial charge in [-0.3, -0.25) is 0 Å². The van der Waals surface area contributed by atoms with E-state index in [-0.39, 0.29) is 0 Å². The van der Waals surface area contributed by atoms with Gasteiger partial charge in [-0.2, -0.15) is 31.8 Å². The smallest absolute Gasteiger partial charge is 0.257 e. The van der Waals surface area contributed by atoms with Crippen LogP contribution in [0.3, 0.4) is 0 Å². The zero-order chi connectivity index (χ0) is 14.5. The molecule has 1 atom stereocenters. The molecular weight excluding hydrogens is 286 g/mol. The number of rotatable bonds is 6. The minimum Gasteiger partial charge on any atom is -0.354 e. The largest absolute Gasteiger partial charge is 0.354 e. The molecule has 112 valence electrons. The first-order valence-electron chi connectivity index (χ1n) is 7.19. The Morgan fingerprint density at radius 2 is 2.24 bits per heavy atom. The van der Waals surface area contributed by atoms with Crippen LogP contribution in [-0.4, -0.2) is 48.8 Å². The molecule has 0 aromatic carbocycles. The van der Waals surface area contributed by atoms with Gasteiger partial charge in [0.15, 0.2) is 0 Å². The molecule has 3 heterocycles. The Kier molecular flexibility index (Phi) is 4.54. The van der Waals surface area contributed by atoms with Crippen molar-refractivity contribution < 1.29 is 0 Å². The van der Waals surface area contributed by atoms with E-state index in [0.29, 0.717) is 23.9 Å². The Labute approximate surface area is 128 Å². The number of aromatic nitrogens is 5. The van der Waals surface area contributed by atoms with Crippen LogP contribution in [0.2, 0.25) is 0 Å². The molecule has 21 heavy (non-hydrogen) atoms. The van der Waals surface area contributed by atoms with Gasteiger partial charge in [0.1, 0.15) is 0 Å². The number of nitrogens with one attached hydrogen (secondary N) is 2. The van der Waals surface area contributed by atoms with Gasteiger partial charge in [0.2, 0.25) is 11.9 Å². The minimum atomic E-state index is 0.432. The fraction of sp³-hybridized carbons (Fsp3) is 0.538. The van der Waals surface area contributed by atoms with Crippen LogP contribution in [0.15, 0.2) is 18.5 Å². The Balaban J connectivity index is 1.84. The third-order valence-electron chi connectivity index (χ3n) is 3.13. The summed E-state index contributed by atoms with van der Waals surface area (Å²) >= 11 is 1.95. The summed E-state index contributed by atoms with van der Waals surface area (Å²) < 4.78 is 1.65. The molecule has 0 spiro atoms. The highest BCUT2D eigenvalue weighted by Gasteiger charge is 2.17. The lowest BCUT2D eigenvalue weighted by Gasteiger charge is -2.13. The van der Waals surface area contributed by atoms with E-state index in [9.17, 15) is 0 Å². The van der Waals surface area contributed by atoms with Gasteiger partial charge in [-0.05, 0) is 24.7 Å². The molecular formula is C13H19N7S. The molecule has 1 saturated heterocycles. The molecule has 0 bridgehead atoms. The Bertz CT molecular complexity index is 566. The second kappa shape index (κ2) is 6.75. The lowest BCUT2D eigenvalue weighted by Crippen LogP contribution is -2.21. The molecule has 0 saturated carbocycles. The average molecular weight is 305 g/mol. The number of hydrogen-bond acceptors (Lipinski definition) is 7. The molecule has 1 fully saturated rings. The topological polar surface area (TPSA) is 80.5 Å². The molecule has 7 nitrogen and oxygen atoms in total. The van der Waals surface area contributed by atoms with E-state index >= 15 is 0 Å². The highest BCUT2D eigenvalue weighted by molar-refractivity contribution is 7.99. The normalized spacial score (nSPS) is 17.9. The lowest BCUT2D eigenvalue weighted by atomic mass is 10.3. The standard InChI is InChI=1S/C13H19N7S/c1-2-5-14-11-17-12(16-10-4-8-21-9-10)19-13(18-11)20-7-3-6-15-20/h3,6-7,10H,2,4-5,8-9H2,1H3,(H2,14,16,17,18,19). The minimum absolute atomic E-state index is 0.432. The van der Waals surface area contributed by atoms with Crippen LogP contribution in [0, 0.1) is 0 Å². The van der Waals surface area contributed by atoms with Crippen molar-refractivity contribution in [3.05, 3.63) is 18.5 Å². The Hall–Kier alpha value is -1.83. The highest BCUT2D eigenvalue weighted by atomic mass is 32.2. The molecule has 1 aliphatic rings. The molecule has 0 radical (unpaired) electrons. The molecule has 8 heteroatoms. The molecule has 0 amide bonds. The third-order valence-corrected chi connectivity index (χ3v) is 4.29. The van der Waals surface area contributed by atoms with Gasteiger partial charge >= 0.3 is 0 Å². The van der Waals surface area contributed by atoms with E-state index < -0.39 is 0 Å². The van der Waals surface area contributed by atoms with Crippen molar-refractivity contribution in [1.82, 2.24) is 24.7 Å². The monoisotopic (exact) mass is 305 g/mol. The van der Waals surface area contributed by atoms with Gasteiger partial charge < -0.3 is 10.6 Å². The summed E-state index contributed by atoms with van der Waals surface area (Å²) in [5, 5.41) is 10.8. The zero-order valence-corrected chi connectivity index (χ0v) is 12.8. The number of hydrogen-bond donors (Lipinski definition) is 2. The van der Waals surface area contributed by atoms with E-state index in [1.807, 2.05) is 24.0 Å². The van der Waals surface area contributed by atoms with Crippen molar-refractivity contribution in [3.63, 3.8) is 0 Å². The predicted octanol–water partition coefficient (Wildman–Crippen LogP) is 1.80. The van der Waals surface area contributed by atoms with E-state index in [0.717, 1.165) is 25.1 Å². The van der Waals surface area contributed by atoms with Gasteiger partial charge in [0, 0.05) is 30.7 Å². The maximum Gasteiger partial charge on any atom is 0.257 e. The summed E-state index contributed by atoms with van der Waals surface area (Å²) in [7, 11) is 0. The molecule has 1 aliphatic heterocycles. The summed E-state index contributed by atoms with van der Waals surface area (Å²) in [6, 6.07) is 2.28. The first kappa shape index (κ1) is 14.1. The maximum absolute atomic E-state index is 4.47. The molecule has 1 unspecified atom stereocenters. The van der Waals surface area contributed by atoms with Crippen LogP contribution in [0.1, 0.15) is 19.8 Å². The fourth-order valence-corrected chi connectivity index (χ4v) is 3.22. The second-order valence-corrected chi connectivity index (χ2v) is 6.01. The number of thioether (sulfide) groups is 1. The van der Waals surface area contributed by atoms with E-state index in [1.165, 1.54) is 5.75 Å². The summed E-state index contributed by atoms with van der Waals surface area (Å²) in [6.45, 7) is 2.94. The van der Waals surface area contributed by atoms with Crippen molar-refractivity contribution in [2.45, 2.75) is 25.8 Å². The molecule has 3 rings (SSSR count). The molecule has 2 N–H and O–H groups in total. The predicted molar refractivity (Wildman–Crippen MR) is 85.1 cm³/mol. The van der Waals surface area contributed by atoms with E-state index in [1.54, 1.807) is 10.9 Å². The van der Waals surface area contributed by atoms with Crippen LogP contribution in [-0.2, 0) is 0 Å². The first-order chi connectivity index (χ1) is 10.3. The van der Waals surface area contributed by atoms with Gasteiger partial charge in [-0.1, -0.05) is 6.92 Å². The van der Waals surface area contributed by atoms with Gasteiger partial charge in [0.25, 0.3) is 5.95 Å². The quantitative estimate of drug-likeness (QED) is 0.842. The second-order valence-electron chi connectivity index (χ2n) is 4.86. The van der Waals surface area contributed by atoms with Gasteiger partial charge in [-0.15, -0.1) is 0 Å². The Morgan fingerprint density at radius 1 is 1.33 bits per heavy atom. The van der Waals surface area contributed by atoms with Gasteiger partial charge in [0.05, 0.1) is 0 Å².